The van der Waals surface area contributed by atoms with Crippen LogP contribution in [0.25, 0.3) is 0 Å². The maximum absolute atomic E-state index is 13.2. The number of carbonyl (C=O) groups excluding carboxylic acids is 2. The number of hydrogen-bond acceptors (Lipinski definition) is 4. The van der Waals surface area contributed by atoms with Crippen LogP contribution in [-0.2, 0) is 20.7 Å². The number of morpholine rings is 1. The van der Waals surface area contributed by atoms with Gasteiger partial charge in [-0.05, 0) is 48.3 Å². The molecule has 6 nitrogen and oxygen atoms in total. The zero-order valence-corrected chi connectivity index (χ0v) is 18.8. The molecule has 1 saturated carbocycles. The largest absolute Gasteiger partial charge is 0.497 e. The van der Waals surface area contributed by atoms with Gasteiger partial charge in [0.1, 0.15) is 5.75 Å². The lowest BCUT2D eigenvalue weighted by molar-refractivity contribution is -0.135. The van der Waals surface area contributed by atoms with Crippen molar-refractivity contribution in [2.75, 3.05) is 46.5 Å². The summed E-state index contributed by atoms with van der Waals surface area (Å²) >= 11 is 0. The van der Waals surface area contributed by atoms with Crippen LogP contribution >= 0.6 is 0 Å². The molecule has 1 aromatic carbocycles. The van der Waals surface area contributed by atoms with Crippen LogP contribution in [0.2, 0.25) is 0 Å². The van der Waals surface area contributed by atoms with Gasteiger partial charge in [0.15, 0.2) is 0 Å². The molecule has 4 rings (SSSR count). The Balaban J connectivity index is 1.39. The minimum atomic E-state index is 0.195. The van der Waals surface area contributed by atoms with Crippen molar-refractivity contribution in [2.24, 2.45) is 11.3 Å². The van der Waals surface area contributed by atoms with Crippen LogP contribution in [0.1, 0.15) is 50.5 Å². The lowest BCUT2D eigenvalue weighted by atomic mass is 9.66. The van der Waals surface area contributed by atoms with Crippen molar-refractivity contribution in [3.8, 4) is 5.75 Å². The van der Waals surface area contributed by atoms with E-state index < -0.39 is 0 Å². The van der Waals surface area contributed by atoms with Gasteiger partial charge < -0.3 is 19.3 Å². The van der Waals surface area contributed by atoms with Crippen LogP contribution in [0, 0.1) is 11.3 Å². The monoisotopic (exact) mass is 428 g/mol. The minimum absolute atomic E-state index is 0.195. The van der Waals surface area contributed by atoms with Crippen LogP contribution in [0.15, 0.2) is 24.3 Å². The summed E-state index contributed by atoms with van der Waals surface area (Å²) in [5.41, 5.74) is 1.20. The Morgan fingerprint density at radius 1 is 1.10 bits per heavy atom. The summed E-state index contributed by atoms with van der Waals surface area (Å²) in [5.74, 6) is 1.65. The Labute approximate surface area is 185 Å². The number of carbonyl (C=O) groups is 2. The molecule has 1 atom stereocenters. The predicted octanol–water partition coefficient (Wildman–Crippen LogP) is 3.29. The molecule has 1 aliphatic carbocycles. The van der Waals surface area contributed by atoms with Gasteiger partial charge in [0.25, 0.3) is 0 Å². The number of rotatable bonds is 6. The van der Waals surface area contributed by atoms with E-state index in [0.29, 0.717) is 45.1 Å². The highest BCUT2D eigenvalue weighted by atomic mass is 16.5. The van der Waals surface area contributed by atoms with E-state index in [1.807, 2.05) is 29.2 Å². The maximum Gasteiger partial charge on any atom is 0.227 e. The van der Waals surface area contributed by atoms with Crippen molar-refractivity contribution in [3.05, 3.63) is 29.8 Å². The molecular weight excluding hydrogens is 392 g/mol. The summed E-state index contributed by atoms with van der Waals surface area (Å²) in [5, 5.41) is 0. The van der Waals surface area contributed by atoms with Gasteiger partial charge in [-0.3, -0.25) is 9.59 Å². The standard InChI is InChI=1S/C25H36N2O4/c1-30-22-7-5-6-20(16-22)17-24(29)27-18-21(25(19-27)10-3-2-4-11-25)8-9-23(28)26-12-14-31-15-13-26/h5-7,16,21H,2-4,8-15,17-19H2,1H3. The number of likely N-dealkylation sites (tertiary alicyclic amines) is 1. The van der Waals surface area contributed by atoms with E-state index in [1.165, 1.54) is 32.1 Å². The molecular formula is C25H36N2O4. The van der Waals surface area contributed by atoms with E-state index in [0.717, 1.165) is 30.8 Å². The Morgan fingerprint density at radius 3 is 2.61 bits per heavy atom. The molecule has 0 bridgehead atoms. The molecule has 6 heteroatoms. The van der Waals surface area contributed by atoms with Gasteiger partial charge in [-0.15, -0.1) is 0 Å². The number of nitrogens with zero attached hydrogens (tertiary/aromatic N) is 2. The highest BCUT2D eigenvalue weighted by Gasteiger charge is 2.47. The fourth-order valence-electron chi connectivity index (χ4n) is 5.78. The fraction of sp³-hybridized carbons (Fsp3) is 0.680. The molecule has 1 aromatic rings. The Morgan fingerprint density at radius 2 is 1.87 bits per heavy atom. The van der Waals surface area contributed by atoms with Gasteiger partial charge in [-0.1, -0.05) is 31.4 Å². The highest BCUT2D eigenvalue weighted by molar-refractivity contribution is 5.79. The minimum Gasteiger partial charge on any atom is -0.497 e. The SMILES string of the molecule is COc1cccc(CC(=O)N2CC(CCC(=O)N3CCOCC3)C3(CCCCC3)C2)c1. The average molecular weight is 429 g/mol. The van der Waals surface area contributed by atoms with Crippen molar-refractivity contribution in [1.82, 2.24) is 9.80 Å². The molecule has 2 saturated heterocycles. The third kappa shape index (κ3) is 5.22. The second kappa shape index (κ2) is 10.0. The summed E-state index contributed by atoms with van der Waals surface area (Å²) in [4.78, 5) is 29.9. The number of benzene rings is 1. The zero-order chi connectivity index (χ0) is 21.7. The van der Waals surface area contributed by atoms with Crippen LogP contribution in [-0.4, -0.2) is 68.1 Å². The second-order valence-electron chi connectivity index (χ2n) is 9.45. The van der Waals surface area contributed by atoms with Crippen LogP contribution < -0.4 is 4.74 Å². The summed E-state index contributed by atoms with van der Waals surface area (Å²) in [6, 6.07) is 7.78. The van der Waals surface area contributed by atoms with Crippen molar-refractivity contribution in [2.45, 2.75) is 51.4 Å². The number of methoxy groups -OCH3 is 1. The molecule has 1 unspecified atom stereocenters. The third-order valence-electron chi connectivity index (χ3n) is 7.57. The third-order valence-corrected chi connectivity index (χ3v) is 7.57. The van der Waals surface area contributed by atoms with Gasteiger partial charge in [-0.25, -0.2) is 0 Å². The first-order valence-corrected chi connectivity index (χ1v) is 11.9. The maximum atomic E-state index is 13.2. The lowest BCUT2D eigenvalue weighted by Crippen LogP contribution is -2.41. The Bertz CT molecular complexity index is 769. The summed E-state index contributed by atoms with van der Waals surface area (Å²) in [6.07, 6.45) is 8.03. The molecule has 0 aromatic heterocycles. The Hall–Kier alpha value is -2.08. The van der Waals surface area contributed by atoms with Crippen molar-refractivity contribution >= 4 is 11.8 Å². The highest BCUT2D eigenvalue weighted by Crippen LogP contribution is 2.49. The molecule has 0 N–H and O–H groups in total. The molecule has 2 aliphatic heterocycles. The zero-order valence-electron chi connectivity index (χ0n) is 18.8. The average Bonchev–Trinajstić information content (AvgIpc) is 3.16. The smallest absolute Gasteiger partial charge is 0.227 e. The van der Waals surface area contributed by atoms with Crippen molar-refractivity contribution in [3.63, 3.8) is 0 Å². The second-order valence-corrected chi connectivity index (χ2v) is 9.45. The molecule has 3 fully saturated rings. The van der Waals surface area contributed by atoms with Crippen molar-refractivity contribution < 1.29 is 19.1 Å². The molecule has 1 spiro atoms. The van der Waals surface area contributed by atoms with Crippen LogP contribution in [0.5, 0.6) is 5.75 Å². The van der Waals surface area contributed by atoms with E-state index in [2.05, 4.69) is 4.90 Å². The predicted molar refractivity (Wildman–Crippen MR) is 119 cm³/mol. The van der Waals surface area contributed by atoms with Crippen molar-refractivity contribution in [1.29, 1.82) is 0 Å². The normalized spacial score (nSPS) is 23.2. The topological polar surface area (TPSA) is 59.1 Å². The number of ether oxygens (including phenoxy) is 2. The van der Waals surface area contributed by atoms with Crippen LogP contribution in [0.3, 0.4) is 0 Å². The fourth-order valence-corrected chi connectivity index (χ4v) is 5.78. The molecule has 3 aliphatic rings. The number of amides is 2. The molecule has 31 heavy (non-hydrogen) atoms. The van der Waals surface area contributed by atoms with E-state index >= 15 is 0 Å². The summed E-state index contributed by atoms with van der Waals surface area (Å²) in [7, 11) is 1.65. The van der Waals surface area contributed by atoms with Gasteiger partial charge in [0.2, 0.25) is 11.8 Å². The lowest BCUT2D eigenvalue weighted by Gasteiger charge is -2.38. The quantitative estimate of drug-likeness (QED) is 0.698. The molecule has 0 radical (unpaired) electrons. The molecule has 2 heterocycles. The van der Waals surface area contributed by atoms with E-state index in [-0.39, 0.29) is 17.2 Å². The van der Waals surface area contributed by atoms with Gasteiger partial charge in [-0.2, -0.15) is 0 Å². The van der Waals surface area contributed by atoms with Gasteiger partial charge in [0, 0.05) is 32.6 Å². The van der Waals surface area contributed by atoms with Gasteiger partial charge in [0.05, 0.1) is 26.7 Å². The van der Waals surface area contributed by atoms with Crippen LogP contribution in [0.4, 0.5) is 0 Å². The van der Waals surface area contributed by atoms with E-state index in [4.69, 9.17) is 9.47 Å². The number of hydrogen-bond donors (Lipinski definition) is 0. The van der Waals surface area contributed by atoms with E-state index in [1.54, 1.807) is 7.11 Å². The summed E-state index contributed by atoms with van der Waals surface area (Å²) < 4.78 is 10.7. The molecule has 170 valence electrons. The Kier molecular flexibility index (Phi) is 7.16. The first-order chi connectivity index (χ1) is 15.1. The van der Waals surface area contributed by atoms with E-state index in [9.17, 15) is 9.59 Å². The molecule has 2 amide bonds. The summed E-state index contributed by atoms with van der Waals surface area (Å²) in [6.45, 7) is 4.35. The first kappa shape index (κ1) is 22.1. The first-order valence-electron chi connectivity index (χ1n) is 11.9. The van der Waals surface area contributed by atoms with Gasteiger partial charge >= 0.3 is 0 Å².